The number of ether oxygens (including phenoxy) is 1. The van der Waals surface area contributed by atoms with Gasteiger partial charge in [-0.2, -0.15) is 0 Å². The summed E-state index contributed by atoms with van der Waals surface area (Å²) in [5.41, 5.74) is 0.637. The number of piperidine rings is 1. The Morgan fingerprint density at radius 3 is 2.50 bits per heavy atom. The molecule has 1 aliphatic heterocycles. The van der Waals surface area contributed by atoms with Crippen LogP contribution < -0.4 is 4.46 Å². The van der Waals surface area contributed by atoms with Gasteiger partial charge in [0, 0.05) is 0 Å². The maximum absolute atomic E-state index is 13.5. The van der Waals surface area contributed by atoms with Crippen LogP contribution in [0.1, 0.15) is 45.6 Å². The summed E-state index contributed by atoms with van der Waals surface area (Å²) >= 11 is -0.137. The predicted molar refractivity (Wildman–Crippen MR) is 132 cm³/mol. The van der Waals surface area contributed by atoms with Gasteiger partial charge in [-0.05, 0) is 0 Å². The molecule has 2 atom stereocenters. The van der Waals surface area contributed by atoms with Crippen molar-refractivity contribution in [2.24, 2.45) is 11.8 Å². The van der Waals surface area contributed by atoms with E-state index in [1.807, 2.05) is 62.1 Å². The maximum atomic E-state index is 13.5. The Bertz CT molecular complexity index is 1010. The van der Waals surface area contributed by atoms with Crippen molar-refractivity contribution in [3.8, 4) is 0 Å². The normalized spacial score (nSPS) is 18.6. The van der Waals surface area contributed by atoms with Gasteiger partial charge >= 0.3 is 207 Å². The Morgan fingerprint density at radius 1 is 1.15 bits per heavy atom. The van der Waals surface area contributed by atoms with E-state index in [4.69, 9.17) is 4.74 Å². The van der Waals surface area contributed by atoms with Crippen molar-refractivity contribution < 1.29 is 19.2 Å². The van der Waals surface area contributed by atoms with E-state index in [9.17, 15) is 19.7 Å². The predicted octanol–water partition coefficient (Wildman–Crippen LogP) is 4.13. The molecule has 0 unspecified atom stereocenters. The Morgan fingerprint density at radius 2 is 1.82 bits per heavy atom. The van der Waals surface area contributed by atoms with Gasteiger partial charge in [-0.25, -0.2) is 0 Å². The fourth-order valence-corrected chi connectivity index (χ4v) is 6.47. The molecule has 0 bridgehead atoms. The zero-order valence-corrected chi connectivity index (χ0v) is 21.7. The molecule has 0 aromatic heterocycles. The molecule has 0 spiro atoms. The molecule has 8 heteroatoms. The van der Waals surface area contributed by atoms with Gasteiger partial charge in [0.25, 0.3) is 0 Å². The topological polar surface area (TPSA) is 89.8 Å². The molecule has 0 aliphatic carbocycles. The summed E-state index contributed by atoms with van der Waals surface area (Å²) in [7, 11) is 0. The summed E-state index contributed by atoms with van der Waals surface area (Å²) in [6.07, 6.45) is 1.55. The Hall–Kier alpha value is -2.70. The van der Waals surface area contributed by atoms with Gasteiger partial charge in [0.2, 0.25) is 0 Å². The van der Waals surface area contributed by atoms with Crippen LogP contribution in [-0.2, 0) is 20.9 Å². The van der Waals surface area contributed by atoms with E-state index in [2.05, 4.69) is 0 Å². The molecule has 2 aromatic carbocycles. The summed E-state index contributed by atoms with van der Waals surface area (Å²) in [6.45, 7) is 6.67. The van der Waals surface area contributed by atoms with Crippen LogP contribution in [0.25, 0.3) is 0 Å². The fourth-order valence-electron chi connectivity index (χ4n) is 4.26. The van der Waals surface area contributed by atoms with E-state index >= 15 is 0 Å². The van der Waals surface area contributed by atoms with E-state index in [1.54, 1.807) is 12.1 Å². The second-order valence-corrected chi connectivity index (χ2v) is 11.9. The molecule has 34 heavy (non-hydrogen) atoms. The van der Waals surface area contributed by atoms with Gasteiger partial charge < -0.3 is 0 Å². The summed E-state index contributed by atoms with van der Waals surface area (Å²) in [4.78, 5) is 38.9. The number of esters is 1. The minimum absolute atomic E-state index is 0.0574. The van der Waals surface area contributed by atoms with Crippen LogP contribution in [0.15, 0.2) is 54.6 Å². The van der Waals surface area contributed by atoms with Crippen LogP contribution >= 0.6 is 0 Å². The Kier molecular flexibility index (Phi) is 8.86. The molecule has 1 amide bonds. The van der Waals surface area contributed by atoms with E-state index < -0.39 is 5.60 Å². The molecule has 7 nitrogen and oxygen atoms in total. The van der Waals surface area contributed by atoms with E-state index in [0.29, 0.717) is 24.8 Å². The number of nitro benzene ring substituents is 1. The van der Waals surface area contributed by atoms with Crippen molar-refractivity contribution in [1.29, 1.82) is 0 Å². The zero-order valence-electron chi connectivity index (χ0n) is 19.9. The monoisotopic (exact) mass is 532 g/mol. The molecular weight excluding hydrogens is 499 g/mol. The number of rotatable bonds is 9. The molecule has 0 radical (unpaired) electrons. The first-order valence-corrected chi connectivity index (χ1v) is 13.6. The Balaban J connectivity index is 1.71. The Labute approximate surface area is 207 Å². The van der Waals surface area contributed by atoms with Gasteiger partial charge in [-0.3, -0.25) is 0 Å². The number of para-hydroxylation sites is 1. The number of likely N-dealkylation sites (tertiary alicyclic amines) is 1. The molecule has 2 aromatic rings. The van der Waals surface area contributed by atoms with Crippen molar-refractivity contribution in [2.75, 3.05) is 6.54 Å². The van der Waals surface area contributed by atoms with Gasteiger partial charge in [0.15, 0.2) is 0 Å². The van der Waals surface area contributed by atoms with Gasteiger partial charge in [0.1, 0.15) is 0 Å². The number of amides is 1. The summed E-state index contributed by atoms with van der Waals surface area (Å²) in [5, 5.41) is 12.0. The molecule has 1 aliphatic rings. The van der Waals surface area contributed by atoms with Gasteiger partial charge in [0.05, 0.1) is 0 Å². The van der Waals surface area contributed by atoms with Crippen LogP contribution in [-0.4, -0.2) is 48.8 Å². The number of benzene rings is 2. The number of carbonyl (C=O) groups is 2. The third-order valence-corrected chi connectivity index (χ3v) is 8.08. The zero-order chi connectivity index (χ0) is 24.7. The molecule has 1 fully saturated rings. The van der Waals surface area contributed by atoms with Crippen molar-refractivity contribution in [3.05, 3.63) is 70.3 Å². The first-order valence-electron chi connectivity index (χ1n) is 11.5. The average molecular weight is 532 g/mol. The standard InChI is InChI=1S/C26H32N2O5Se/c1-26(2,3)33-24(29)17-20-13-15-27(18-19-9-5-4-6-10-19)25(30)21(20)14-16-34-23-12-8-7-11-22(23)28(31)32/h4-12,20-21H,13-18H2,1-3H3/t20-,21+/m1/s1. The molecule has 182 valence electrons. The van der Waals surface area contributed by atoms with E-state index in [1.165, 1.54) is 6.07 Å². The van der Waals surface area contributed by atoms with E-state index in [-0.39, 0.29) is 55.7 Å². The van der Waals surface area contributed by atoms with Gasteiger partial charge in [-0.1, -0.05) is 0 Å². The van der Waals surface area contributed by atoms with Crippen LogP contribution in [0.5, 0.6) is 0 Å². The second-order valence-electron chi connectivity index (χ2n) is 9.55. The minimum atomic E-state index is -0.569. The molecule has 0 saturated carbocycles. The van der Waals surface area contributed by atoms with E-state index in [0.717, 1.165) is 16.4 Å². The molecule has 1 saturated heterocycles. The van der Waals surface area contributed by atoms with Crippen molar-refractivity contribution in [2.45, 2.75) is 57.5 Å². The summed E-state index contributed by atoms with van der Waals surface area (Å²) < 4.78 is 6.26. The summed E-state index contributed by atoms with van der Waals surface area (Å²) in [5.74, 6) is -0.608. The second kappa shape index (κ2) is 11.6. The first kappa shape index (κ1) is 25.9. The van der Waals surface area contributed by atoms with Crippen molar-refractivity contribution in [3.63, 3.8) is 0 Å². The number of nitrogens with zero attached hydrogens (tertiary/aromatic N) is 2. The van der Waals surface area contributed by atoms with Crippen molar-refractivity contribution in [1.82, 2.24) is 4.90 Å². The van der Waals surface area contributed by atoms with Crippen LogP contribution in [0.4, 0.5) is 5.69 Å². The molecule has 0 N–H and O–H groups in total. The number of nitro groups is 1. The number of carbonyl (C=O) groups excluding carboxylic acids is 2. The van der Waals surface area contributed by atoms with Crippen LogP contribution in [0.2, 0.25) is 5.32 Å². The first-order chi connectivity index (χ1) is 16.1. The van der Waals surface area contributed by atoms with Crippen LogP contribution in [0.3, 0.4) is 0 Å². The third-order valence-electron chi connectivity index (χ3n) is 5.78. The molecular formula is C26H32N2O5Se. The van der Waals surface area contributed by atoms with Crippen LogP contribution in [0, 0.1) is 22.0 Å². The quantitative estimate of drug-likeness (QED) is 0.210. The molecule has 3 rings (SSSR count). The van der Waals surface area contributed by atoms with Gasteiger partial charge in [-0.15, -0.1) is 0 Å². The number of hydrogen-bond donors (Lipinski definition) is 0. The average Bonchev–Trinajstić information content (AvgIpc) is 2.77. The number of hydrogen-bond acceptors (Lipinski definition) is 5. The summed E-state index contributed by atoms with van der Waals surface area (Å²) in [6, 6.07) is 16.7. The fraction of sp³-hybridized carbons (Fsp3) is 0.462. The molecule has 1 heterocycles. The third kappa shape index (κ3) is 7.40. The SMILES string of the molecule is CC(C)(C)OC(=O)C[C@H]1CCN(Cc2ccccc2)C(=O)[C@H]1CC[Se]c1ccccc1[N+](=O)[O-]. The van der Waals surface area contributed by atoms with Crippen molar-refractivity contribution >= 4 is 37.0 Å².